The van der Waals surface area contributed by atoms with Crippen LogP contribution in [0.2, 0.25) is 10.0 Å². The van der Waals surface area contributed by atoms with Gasteiger partial charge in [-0.1, -0.05) is 23.2 Å². The van der Waals surface area contributed by atoms with Crippen LogP contribution in [0.25, 0.3) is 5.95 Å². The van der Waals surface area contributed by atoms with Gasteiger partial charge in [-0.2, -0.15) is 5.10 Å². The van der Waals surface area contributed by atoms with E-state index in [9.17, 15) is 4.79 Å². The number of halogens is 2. The SMILES string of the molecule is Cc1cc(C)nc(-n2ncc(C(=O)CCN3CCN(c4ccc(Cl)cc4Cl)CC3)c2C)n1. The predicted octanol–water partition coefficient (Wildman–Crippen LogP) is 4.29. The second kappa shape index (κ2) is 9.57. The third kappa shape index (κ3) is 4.95. The molecule has 9 heteroatoms. The average Bonchev–Trinajstić information content (AvgIpc) is 3.13. The van der Waals surface area contributed by atoms with Crippen LogP contribution in [0.1, 0.15) is 33.9 Å². The van der Waals surface area contributed by atoms with E-state index in [0.717, 1.165) is 48.9 Å². The summed E-state index contributed by atoms with van der Waals surface area (Å²) in [5, 5.41) is 5.68. The molecule has 0 radical (unpaired) electrons. The van der Waals surface area contributed by atoms with Crippen LogP contribution in [0.5, 0.6) is 0 Å². The minimum absolute atomic E-state index is 0.0845. The molecule has 0 atom stereocenters. The highest BCUT2D eigenvalue weighted by molar-refractivity contribution is 6.36. The van der Waals surface area contributed by atoms with Crippen LogP contribution in [0.4, 0.5) is 5.69 Å². The number of Topliss-reactive ketones (excluding diaryl/α,β-unsaturated/α-hetero) is 1. The number of benzene rings is 1. The van der Waals surface area contributed by atoms with Gasteiger partial charge in [-0.25, -0.2) is 14.6 Å². The van der Waals surface area contributed by atoms with Crippen molar-refractivity contribution in [2.45, 2.75) is 27.2 Å². The second-order valence-electron chi connectivity index (χ2n) is 8.10. The zero-order chi connectivity index (χ0) is 22.8. The van der Waals surface area contributed by atoms with Crippen molar-refractivity contribution >= 4 is 34.7 Å². The van der Waals surface area contributed by atoms with Gasteiger partial charge in [-0.15, -0.1) is 0 Å². The first kappa shape index (κ1) is 22.7. The normalized spacial score (nSPS) is 14.7. The number of hydrogen-bond acceptors (Lipinski definition) is 6. The minimum Gasteiger partial charge on any atom is -0.368 e. The molecule has 0 amide bonds. The first-order valence-corrected chi connectivity index (χ1v) is 11.4. The molecule has 3 aromatic rings. The topological polar surface area (TPSA) is 67.2 Å². The lowest BCUT2D eigenvalue weighted by molar-refractivity contribution is 0.0962. The maximum Gasteiger partial charge on any atom is 0.251 e. The van der Waals surface area contributed by atoms with Crippen LogP contribution in [-0.4, -0.2) is 63.2 Å². The molecule has 1 aromatic carbocycles. The number of aromatic nitrogens is 4. The van der Waals surface area contributed by atoms with E-state index in [1.807, 2.05) is 39.0 Å². The highest BCUT2D eigenvalue weighted by Crippen LogP contribution is 2.29. The van der Waals surface area contributed by atoms with Gasteiger partial charge in [0.15, 0.2) is 5.78 Å². The minimum atomic E-state index is 0.0845. The molecular weight excluding hydrogens is 447 g/mol. The van der Waals surface area contributed by atoms with Gasteiger partial charge in [-0.05, 0) is 45.0 Å². The van der Waals surface area contributed by atoms with Crippen LogP contribution >= 0.6 is 23.2 Å². The van der Waals surface area contributed by atoms with Crippen molar-refractivity contribution < 1.29 is 4.79 Å². The van der Waals surface area contributed by atoms with Gasteiger partial charge in [-0.3, -0.25) is 9.69 Å². The number of piperazine rings is 1. The molecule has 4 rings (SSSR count). The quantitative estimate of drug-likeness (QED) is 0.498. The molecule has 32 heavy (non-hydrogen) atoms. The summed E-state index contributed by atoms with van der Waals surface area (Å²) in [6.07, 6.45) is 2.07. The Morgan fingerprint density at radius 1 is 1.00 bits per heavy atom. The van der Waals surface area contributed by atoms with E-state index >= 15 is 0 Å². The van der Waals surface area contributed by atoms with Crippen LogP contribution in [0.3, 0.4) is 0 Å². The van der Waals surface area contributed by atoms with Crippen molar-refractivity contribution in [3.63, 3.8) is 0 Å². The monoisotopic (exact) mass is 472 g/mol. The molecule has 0 unspecified atom stereocenters. The van der Waals surface area contributed by atoms with Crippen molar-refractivity contribution in [1.82, 2.24) is 24.6 Å². The Morgan fingerprint density at radius 2 is 1.69 bits per heavy atom. The van der Waals surface area contributed by atoms with Crippen molar-refractivity contribution in [3.8, 4) is 5.95 Å². The molecule has 0 N–H and O–H groups in total. The number of aryl methyl sites for hydroxylation is 2. The van der Waals surface area contributed by atoms with Gasteiger partial charge >= 0.3 is 0 Å². The molecule has 1 saturated heterocycles. The van der Waals surface area contributed by atoms with E-state index in [-0.39, 0.29) is 5.78 Å². The molecule has 0 saturated carbocycles. The third-order valence-corrected chi connectivity index (χ3v) is 6.29. The number of nitrogens with zero attached hydrogens (tertiary/aromatic N) is 6. The van der Waals surface area contributed by atoms with Gasteiger partial charge < -0.3 is 4.90 Å². The fourth-order valence-corrected chi connectivity index (χ4v) is 4.56. The van der Waals surface area contributed by atoms with Gasteiger partial charge in [0.1, 0.15) is 0 Å². The van der Waals surface area contributed by atoms with Gasteiger partial charge in [0.05, 0.1) is 28.2 Å². The number of hydrogen-bond donors (Lipinski definition) is 0. The summed E-state index contributed by atoms with van der Waals surface area (Å²) >= 11 is 12.4. The number of ketones is 1. The van der Waals surface area contributed by atoms with E-state index in [1.54, 1.807) is 16.9 Å². The highest BCUT2D eigenvalue weighted by Gasteiger charge is 2.21. The molecule has 1 aliphatic rings. The summed E-state index contributed by atoms with van der Waals surface area (Å²) in [5.74, 6) is 0.581. The lowest BCUT2D eigenvalue weighted by atomic mass is 10.1. The maximum absolute atomic E-state index is 12.9. The zero-order valence-electron chi connectivity index (χ0n) is 18.5. The van der Waals surface area contributed by atoms with Crippen LogP contribution in [-0.2, 0) is 0 Å². The Kier molecular flexibility index (Phi) is 6.79. The third-order valence-electron chi connectivity index (χ3n) is 5.75. The Labute approximate surface area is 198 Å². The molecule has 1 aliphatic heterocycles. The van der Waals surface area contributed by atoms with E-state index in [1.165, 1.54) is 0 Å². The van der Waals surface area contributed by atoms with Crippen molar-refractivity contribution in [2.24, 2.45) is 0 Å². The molecule has 0 bridgehead atoms. The van der Waals surface area contributed by atoms with Crippen LogP contribution in [0, 0.1) is 20.8 Å². The van der Waals surface area contributed by atoms with Crippen LogP contribution in [0.15, 0.2) is 30.5 Å². The number of anilines is 1. The Morgan fingerprint density at radius 3 is 2.34 bits per heavy atom. The fourth-order valence-electron chi connectivity index (χ4n) is 4.03. The average molecular weight is 473 g/mol. The van der Waals surface area contributed by atoms with E-state index in [0.29, 0.717) is 34.5 Å². The standard InChI is InChI=1S/C23H26Cl2N6O/c1-15-12-16(2)28-23(27-15)31-17(3)19(14-26-31)22(32)6-7-29-8-10-30(11-9-29)21-5-4-18(24)13-20(21)25/h4-5,12-14H,6-11H2,1-3H3. The lowest BCUT2D eigenvalue weighted by Gasteiger charge is -2.36. The molecule has 0 aliphatic carbocycles. The van der Waals surface area contributed by atoms with Crippen molar-refractivity contribution in [3.05, 3.63) is 63.2 Å². The maximum atomic E-state index is 12.9. The van der Waals surface area contributed by atoms with E-state index < -0.39 is 0 Å². The summed E-state index contributed by atoms with van der Waals surface area (Å²) in [5.41, 5.74) is 4.13. The fraction of sp³-hybridized carbons (Fsp3) is 0.391. The zero-order valence-corrected chi connectivity index (χ0v) is 20.0. The van der Waals surface area contributed by atoms with Gasteiger partial charge in [0, 0.05) is 55.6 Å². The molecule has 3 heterocycles. The van der Waals surface area contributed by atoms with Gasteiger partial charge in [0.2, 0.25) is 0 Å². The highest BCUT2D eigenvalue weighted by atomic mass is 35.5. The van der Waals surface area contributed by atoms with E-state index in [2.05, 4.69) is 24.9 Å². The predicted molar refractivity (Wildman–Crippen MR) is 127 cm³/mol. The number of carbonyl (C=O) groups excluding carboxylic acids is 1. The van der Waals surface area contributed by atoms with E-state index in [4.69, 9.17) is 23.2 Å². The molecule has 2 aromatic heterocycles. The lowest BCUT2D eigenvalue weighted by Crippen LogP contribution is -2.47. The van der Waals surface area contributed by atoms with Crippen molar-refractivity contribution in [2.75, 3.05) is 37.6 Å². The summed E-state index contributed by atoms with van der Waals surface area (Å²) < 4.78 is 1.64. The Bertz CT molecular complexity index is 1120. The van der Waals surface area contributed by atoms with Crippen LogP contribution < -0.4 is 4.90 Å². The first-order valence-electron chi connectivity index (χ1n) is 10.6. The second-order valence-corrected chi connectivity index (χ2v) is 8.95. The Balaban J connectivity index is 1.34. The summed E-state index contributed by atoms with van der Waals surface area (Å²) in [6, 6.07) is 7.51. The molecular formula is C23H26Cl2N6O. The molecule has 7 nitrogen and oxygen atoms in total. The molecule has 168 valence electrons. The largest absolute Gasteiger partial charge is 0.368 e. The molecule has 0 spiro atoms. The van der Waals surface area contributed by atoms with Crippen molar-refractivity contribution in [1.29, 1.82) is 0 Å². The summed E-state index contributed by atoms with van der Waals surface area (Å²) in [6.45, 7) is 9.91. The molecule has 1 fully saturated rings. The Hall–Kier alpha value is -2.48. The summed E-state index contributed by atoms with van der Waals surface area (Å²) in [7, 11) is 0. The summed E-state index contributed by atoms with van der Waals surface area (Å²) in [4.78, 5) is 26.4. The first-order chi connectivity index (χ1) is 15.3. The number of carbonyl (C=O) groups is 1. The number of rotatable bonds is 6. The van der Waals surface area contributed by atoms with Gasteiger partial charge in [0.25, 0.3) is 5.95 Å². The smallest absolute Gasteiger partial charge is 0.251 e.